The van der Waals surface area contributed by atoms with Gasteiger partial charge in [-0.15, -0.1) is 0 Å². The minimum atomic E-state index is -1.11. The summed E-state index contributed by atoms with van der Waals surface area (Å²) in [5.74, 6) is -3.31. The Hall–Kier alpha value is -3.81. The van der Waals surface area contributed by atoms with Crippen molar-refractivity contribution < 1.29 is 24.2 Å². The Morgan fingerprint density at radius 2 is 1.69 bits per heavy atom. The van der Waals surface area contributed by atoms with Gasteiger partial charge in [0.2, 0.25) is 0 Å². The van der Waals surface area contributed by atoms with Crippen LogP contribution in [0.2, 0.25) is 10.0 Å². The summed E-state index contributed by atoms with van der Waals surface area (Å²) < 4.78 is 5.42. The standard InChI is InChI=1S/C27H20Cl2N2O5/c28-16-7-5-15(6-8-16)14-36-23(32)13-31-25(21-12-30-22-11-17(29)9-10-18(21)22)24(27(34)35)19-3-1-2-4-20(19)26(31)33/h1-12,24-25,30H,13-14H2,(H,34,35). The Kier molecular flexibility index (Phi) is 6.43. The van der Waals surface area contributed by atoms with Crippen LogP contribution in [0.1, 0.15) is 39.0 Å². The summed E-state index contributed by atoms with van der Waals surface area (Å²) in [6.45, 7) is -0.428. The van der Waals surface area contributed by atoms with Gasteiger partial charge in [-0.05, 0) is 41.5 Å². The molecule has 3 aromatic carbocycles. The summed E-state index contributed by atoms with van der Waals surface area (Å²) in [5.41, 5.74) is 2.64. The van der Waals surface area contributed by atoms with E-state index in [0.29, 0.717) is 32.1 Å². The number of amides is 1. The second kappa shape index (κ2) is 9.68. The highest BCUT2D eigenvalue weighted by atomic mass is 35.5. The fourth-order valence-corrected chi connectivity index (χ4v) is 4.97. The Balaban J connectivity index is 1.53. The highest BCUT2D eigenvalue weighted by Crippen LogP contribution is 2.45. The molecule has 1 amide bonds. The molecule has 0 aliphatic carbocycles. The molecule has 0 bridgehead atoms. The molecule has 5 rings (SSSR count). The number of aromatic nitrogens is 1. The van der Waals surface area contributed by atoms with Gasteiger partial charge in [-0.2, -0.15) is 0 Å². The first-order valence-corrected chi connectivity index (χ1v) is 11.9. The summed E-state index contributed by atoms with van der Waals surface area (Å²) in [5, 5.41) is 12.1. The first-order valence-electron chi connectivity index (χ1n) is 11.1. The van der Waals surface area contributed by atoms with Gasteiger partial charge in [0.15, 0.2) is 0 Å². The number of rotatable bonds is 6. The molecule has 1 aliphatic rings. The molecule has 4 aromatic rings. The van der Waals surface area contributed by atoms with Crippen LogP contribution in [0.4, 0.5) is 0 Å². The predicted octanol–water partition coefficient (Wildman–Crippen LogP) is 5.58. The van der Waals surface area contributed by atoms with Crippen LogP contribution in [-0.4, -0.2) is 39.4 Å². The highest BCUT2D eigenvalue weighted by molar-refractivity contribution is 6.31. The normalized spacial score (nSPS) is 17.2. The number of carbonyl (C=O) groups is 3. The molecule has 1 aliphatic heterocycles. The SMILES string of the molecule is O=C(CN1C(=O)c2ccccc2C(C(=O)O)C1c1c[nH]c2cc(Cl)ccc12)OCc1ccc(Cl)cc1. The van der Waals surface area contributed by atoms with Gasteiger partial charge in [0.25, 0.3) is 5.91 Å². The van der Waals surface area contributed by atoms with E-state index in [4.69, 9.17) is 27.9 Å². The third-order valence-electron chi connectivity index (χ3n) is 6.31. The first-order chi connectivity index (χ1) is 17.3. The van der Waals surface area contributed by atoms with Crippen LogP contribution < -0.4 is 0 Å². The topological polar surface area (TPSA) is 99.7 Å². The van der Waals surface area contributed by atoms with Crippen LogP contribution in [0.5, 0.6) is 0 Å². The summed E-state index contributed by atoms with van der Waals surface area (Å²) in [4.78, 5) is 43.5. The van der Waals surface area contributed by atoms with Crippen molar-refractivity contribution in [2.75, 3.05) is 6.54 Å². The lowest BCUT2D eigenvalue weighted by Crippen LogP contribution is -2.47. The van der Waals surface area contributed by atoms with E-state index in [0.717, 1.165) is 5.56 Å². The van der Waals surface area contributed by atoms with E-state index in [1.165, 1.54) is 4.90 Å². The zero-order valence-corrected chi connectivity index (χ0v) is 20.3. The summed E-state index contributed by atoms with van der Waals surface area (Å²) in [7, 11) is 0. The van der Waals surface area contributed by atoms with E-state index in [1.807, 2.05) is 0 Å². The summed E-state index contributed by atoms with van der Waals surface area (Å²) in [6.07, 6.45) is 1.66. The Bertz CT molecular complexity index is 1480. The molecule has 36 heavy (non-hydrogen) atoms. The quantitative estimate of drug-likeness (QED) is 0.322. The molecule has 0 saturated heterocycles. The van der Waals surface area contributed by atoms with Gasteiger partial charge >= 0.3 is 11.9 Å². The fourth-order valence-electron chi connectivity index (χ4n) is 4.67. The van der Waals surface area contributed by atoms with Crippen molar-refractivity contribution >= 4 is 52.0 Å². The van der Waals surface area contributed by atoms with Gasteiger partial charge in [-0.3, -0.25) is 14.4 Å². The number of carboxylic acids is 1. The van der Waals surface area contributed by atoms with E-state index in [1.54, 1.807) is 72.9 Å². The van der Waals surface area contributed by atoms with Crippen LogP contribution >= 0.6 is 23.2 Å². The lowest BCUT2D eigenvalue weighted by atomic mass is 9.79. The number of ether oxygens (including phenoxy) is 1. The number of fused-ring (bicyclic) bond motifs is 2. The third-order valence-corrected chi connectivity index (χ3v) is 6.80. The van der Waals surface area contributed by atoms with Gasteiger partial charge in [-0.1, -0.05) is 59.6 Å². The van der Waals surface area contributed by atoms with Gasteiger partial charge in [-0.25, -0.2) is 0 Å². The molecule has 0 radical (unpaired) electrons. The van der Waals surface area contributed by atoms with Gasteiger partial charge in [0.1, 0.15) is 19.1 Å². The maximum absolute atomic E-state index is 13.6. The van der Waals surface area contributed by atoms with Crippen LogP contribution in [0.25, 0.3) is 10.9 Å². The van der Waals surface area contributed by atoms with Crippen molar-refractivity contribution in [2.45, 2.75) is 18.6 Å². The van der Waals surface area contributed by atoms with E-state index in [-0.39, 0.29) is 12.2 Å². The molecule has 182 valence electrons. The Labute approximate surface area is 216 Å². The maximum atomic E-state index is 13.6. The van der Waals surface area contributed by atoms with Crippen molar-refractivity contribution in [1.82, 2.24) is 9.88 Å². The van der Waals surface area contributed by atoms with E-state index in [9.17, 15) is 19.5 Å². The Morgan fingerprint density at radius 1 is 0.972 bits per heavy atom. The number of halogens is 2. The number of aromatic amines is 1. The van der Waals surface area contributed by atoms with Gasteiger partial charge in [0.05, 0.1) is 6.04 Å². The number of carbonyl (C=O) groups excluding carboxylic acids is 2. The molecule has 9 heteroatoms. The molecule has 0 fully saturated rings. The number of aliphatic carboxylic acids is 1. The van der Waals surface area contributed by atoms with Crippen molar-refractivity contribution in [3.8, 4) is 0 Å². The number of hydrogen-bond acceptors (Lipinski definition) is 4. The van der Waals surface area contributed by atoms with Crippen molar-refractivity contribution in [1.29, 1.82) is 0 Å². The van der Waals surface area contributed by atoms with Gasteiger partial charge < -0.3 is 19.7 Å². The molecule has 0 saturated carbocycles. The van der Waals surface area contributed by atoms with Crippen LogP contribution in [-0.2, 0) is 20.9 Å². The number of nitrogens with zero attached hydrogens (tertiary/aromatic N) is 1. The molecule has 0 spiro atoms. The van der Waals surface area contributed by atoms with Crippen LogP contribution in [0, 0.1) is 0 Å². The van der Waals surface area contributed by atoms with Crippen LogP contribution in [0.3, 0.4) is 0 Å². The minimum Gasteiger partial charge on any atom is -0.481 e. The molecule has 2 atom stereocenters. The number of nitrogens with one attached hydrogen (secondary N) is 1. The lowest BCUT2D eigenvalue weighted by molar-refractivity contribution is -0.148. The van der Waals surface area contributed by atoms with E-state index < -0.39 is 36.4 Å². The average Bonchev–Trinajstić information content (AvgIpc) is 3.27. The highest BCUT2D eigenvalue weighted by Gasteiger charge is 2.45. The zero-order chi connectivity index (χ0) is 25.4. The van der Waals surface area contributed by atoms with Gasteiger partial charge in [0, 0.05) is 38.3 Å². The molecule has 1 aromatic heterocycles. The summed E-state index contributed by atoms with van der Waals surface area (Å²) >= 11 is 12.0. The van der Waals surface area contributed by atoms with Crippen LogP contribution in [0.15, 0.2) is 72.9 Å². The second-order valence-corrected chi connectivity index (χ2v) is 9.37. The molecular weight excluding hydrogens is 503 g/mol. The van der Waals surface area contributed by atoms with E-state index >= 15 is 0 Å². The number of H-pyrrole nitrogens is 1. The molecule has 2 N–H and O–H groups in total. The average molecular weight is 523 g/mol. The number of benzene rings is 3. The largest absolute Gasteiger partial charge is 0.481 e. The number of carboxylic acid groups (broad SMARTS) is 1. The monoisotopic (exact) mass is 522 g/mol. The minimum absolute atomic E-state index is 0.00672. The zero-order valence-electron chi connectivity index (χ0n) is 18.8. The molecular formula is C27H20Cl2N2O5. The number of hydrogen-bond donors (Lipinski definition) is 2. The van der Waals surface area contributed by atoms with E-state index in [2.05, 4.69) is 4.98 Å². The van der Waals surface area contributed by atoms with Crippen molar-refractivity contribution in [3.63, 3.8) is 0 Å². The lowest BCUT2D eigenvalue weighted by Gasteiger charge is -2.40. The Morgan fingerprint density at radius 3 is 2.44 bits per heavy atom. The second-order valence-electron chi connectivity index (χ2n) is 8.50. The first kappa shape index (κ1) is 23.9. The van der Waals surface area contributed by atoms with Crippen molar-refractivity contribution in [2.24, 2.45) is 0 Å². The number of esters is 1. The smallest absolute Gasteiger partial charge is 0.326 e. The molecule has 2 heterocycles. The third kappa shape index (κ3) is 4.43. The molecule has 7 nitrogen and oxygen atoms in total. The van der Waals surface area contributed by atoms with Crippen molar-refractivity contribution in [3.05, 3.63) is 105 Å². The fraction of sp³-hybridized carbons (Fsp3) is 0.148. The summed E-state index contributed by atoms with van der Waals surface area (Å²) in [6, 6.07) is 17.7. The maximum Gasteiger partial charge on any atom is 0.326 e. The predicted molar refractivity (Wildman–Crippen MR) is 135 cm³/mol. The molecule has 2 unspecified atom stereocenters.